The minimum Gasteiger partial charge on any atom is -0.208 e. The predicted molar refractivity (Wildman–Crippen MR) is 282 cm³/mol. The third-order valence-electron chi connectivity index (χ3n) is 17.7. The Hall–Kier alpha value is -3.50. The van der Waals surface area contributed by atoms with E-state index in [0.717, 1.165) is 34.6 Å². The molecular formula is C56H78F50. The number of hydrogen-bond acceptors (Lipinski definition) is 0. The Morgan fingerprint density at radius 3 is 0.274 bits per heavy atom. The first-order valence-electron chi connectivity index (χ1n) is 27.9. The minimum absolute atomic E-state index is 0.0338. The summed E-state index contributed by atoms with van der Waals surface area (Å²) in [6.07, 6.45) is -54.8. The molecule has 0 rings (SSSR count). The number of hydrogen-bond donors (Lipinski definition) is 0. The average Bonchev–Trinajstić information content (AvgIpc) is 0.680. The summed E-state index contributed by atoms with van der Waals surface area (Å²) in [5.74, 6) is -47.6. The molecule has 0 saturated carbocycles. The maximum Gasteiger partial charge on any atom is 0.395 e. The Labute approximate surface area is 574 Å². The molecule has 0 aliphatic rings. The van der Waals surface area contributed by atoms with Crippen molar-refractivity contribution in [3.63, 3.8) is 0 Å². The normalized spacial score (nSPS) is 16.6. The standard InChI is InChI=1S/C14H18F12.C11H15F9.C8H12F6.C6H6F8.C5H6F6.C5H9F3.C4H6F4.C3H6F2/c1-7(2,11(15,16)17)9(5,13(21,22)23)10(6,14(24,25)26)8(3,4)12(18,19)20;1-6(2,9(12,13)14)8(5,11(18,19)20)7(3,4)10(15,16)17;1-5(2,7(9,10)11)6(3,4)8(12,13)14;1-3(7,8)5(11,12)6(13,14)4(2,9)10;1-3(6,7)5(10,11)4(2,8)9;1-4(2,3)5(6,7)8;1-3(5,6)4(2,7)8;1-3(2,4)5/h1-6H3;1-5H3;1-4H3;1-2H3;1-2H3;1-3H3;1-2H3;1-2H3. The van der Waals surface area contributed by atoms with Crippen LogP contribution >= 0.6 is 0 Å². The van der Waals surface area contributed by atoms with Gasteiger partial charge in [-0.05, 0) is 34.6 Å². The fourth-order valence-corrected chi connectivity index (χ4v) is 6.79. The molecule has 2 unspecified atom stereocenters. The van der Waals surface area contributed by atoms with Crippen molar-refractivity contribution >= 4 is 0 Å². The summed E-state index contributed by atoms with van der Waals surface area (Å²) >= 11 is 0. The van der Waals surface area contributed by atoms with Gasteiger partial charge in [-0.3, -0.25) is 0 Å². The van der Waals surface area contributed by atoms with Gasteiger partial charge in [0.25, 0.3) is 0 Å². The molecule has 0 aliphatic carbocycles. The SMILES string of the molecule is CC(C)(C(F)(F)F)C(C)(C(F)(F)F)C(C)(C(F)(F)F)C(C)(C)C(F)(F)F.CC(C)(C(F)(F)F)C(C)(C(F)(F)F)C(C)(C)C(F)(F)F.CC(C)(C(F)(F)F)C(C)(C)C(F)(F)F.CC(C)(C)C(F)(F)F.CC(C)(F)F.CC(F)(F)C(C)(F)F.CC(F)(F)C(F)(F)C(C)(F)F.CC(F)(F)C(F)(F)C(F)(F)C(C)(F)F. The van der Waals surface area contributed by atoms with Gasteiger partial charge >= 0.3 is 115 Å². The van der Waals surface area contributed by atoms with E-state index in [0.29, 0.717) is 27.7 Å². The van der Waals surface area contributed by atoms with E-state index >= 15 is 0 Å². The van der Waals surface area contributed by atoms with Crippen molar-refractivity contribution < 1.29 is 220 Å². The van der Waals surface area contributed by atoms with Gasteiger partial charge in [0.2, 0.25) is 5.92 Å². The molecule has 0 fully saturated rings. The van der Waals surface area contributed by atoms with Crippen LogP contribution in [-0.2, 0) is 0 Å². The second kappa shape index (κ2) is 32.9. The van der Waals surface area contributed by atoms with Gasteiger partial charge in [-0.2, -0.15) is 193 Å². The Balaban J connectivity index is -0.000000180. The summed E-state index contributed by atoms with van der Waals surface area (Å²) < 4.78 is 624. The smallest absolute Gasteiger partial charge is 0.208 e. The summed E-state index contributed by atoms with van der Waals surface area (Å²) in [4.78, 5) is 0. The fourth-order valence-electron chi connectivity index (χ4n) is 6.79. The summed E-state index contributed by atoms with van der Waals surface area (Å²) in [6.45, 7) is 5.01. The van der Waals surface area contributed by atoms with Gasteiger partial charge in [-0.1, -0.05) is 104 Å². The van der Waals surface area contributed by atoms with E-state index < -0.39 is 203 Å². The van der Waals surface area contributed by atoms with E-state index in [1.165, 1.54) is 0 Å². The second-order valence-corrected chi connectivity index (χ2v) is 28.7. The quantitative estimate of drug-likeness (QED) is 0.171. The van der Waals surface area contributed by atoms with Crippen molar-refractivity contribution in [2.75, 3.05) is 0 Å². The van der Waals surface area contributed by atoms with Crippen molar-refractivity contribution in [3.8, 4) is 0 Å². The highest BCUT2D eigenvalue weighted by Gasteiger charge is 2.87. The third kappa shape index (κ3) is 26.3. The van der Waals surface area contributed by atoms with Crippen LogP contribution in [0.15, 0.2) is 0 Å². The van der Waals surface area contributed by atoms with Gasteiger partial charge in [0.15, 0.2) is 0 Å². The van der Waals surface area contributed by atoms with E-state index in [1.807, 2.05) is 0 Å². The highest BCUT2D eigenvalue weighted by Crippen LogP contribution is 2.76. The third-order valence-corrected chi connectivity index (χ3v) is 17.7. The molecule has 2 atom stereocenters. The molecule has 0 aromatic carbocycles. The van der Waals surface area contributed by atoms with Gasteiger partial charge in [0.1, 0.15) is 0 Å². The average molecular weight is 1700 g/mol. The number of alkyl halides is 50. The van der Waals surface area contributed by atoms with Crippen LogP contribution in [0.3, 0.4) is 0 Å². The van der Waals surface area contributed by atoms with Crippen LogP contribution in [0.2, 0.25) is 0 Å². The molecule has 0 amide bonds. The van der Waals surface area contributed by atoms with E-state index in [9.17, 15) is 220 Å². The summed E-state index contributed by atoms with van der Waals surface area (Å²) in [5, 5.41) is 0. The fraction of sp³-hybridized carbons (Fsp3) is 1.00. The van der Waals surface area contributed by atoms with Crippen LogP contribution in [0.1, 0.15) is 180 Å². The van der Waals surface area contributed by atoms with Crippen LogP contribution in [0.25, 0.3) is 0 Å². The Kier molecular flexibility index (Phi) is 36.7. The molecule has 652 valence electrons. The minimum atomic E-state index is -6.28. The molecule has 0 aromatic rings. The van der Waals surface area contributed by atoms with E-state index in [4.69, 9.17) is 0 Å². The first kappa shape index (κ1) is 118. The molecule has 50 heteroatoms. The van der Waals surface area contributed by atoms with Gasteiger partial charge in [-0.25, -0.2) is 26.3 Å². The highest BCUT2D eigenvalue weighted by molar-refractivity contribution is 5.17. The molecule has 0 heterocycles. The monoisotopic (exact) mass is 1700 g/mol. The van der Waals surface area contributed by atoms with E-state index in [-0.39, 0.29) is 90.0 Å². The summed E-state index contributed by atoms with van der Waals surface area (Å²) in [6, 6.07) is 0. The summed E-state index contributed by atoms with van der Waals surface area (Å²) in [7, 11) is 0. The zero-order chi connectivity index (χ0) is 91.0. The first-order valence-corrected chi connectivity index (χ1v) is 27.9. The largest absolute Gasteiger partial charge is 0.395 e. The lowest BCUT2D eigenvalue weighted by Crippen LogP contribution is -2.72. The Morgan fingerprint density at radius 1 is 0.113 bits per heavy atom. The predicted octanol–water partition coefficient (Wildman–Crippen LogP) is 30.2. The van der Waals surface area contributed by atoms with Gasteiger partial charge in [0, 0.05) is 41.5 Å². The van der Waals surface area contributed by atoms with Crippen molar-refractivity contribution in [1.82, 2.24) is 0 Å². The zero-order valence-electron chi connectivity index (χ0n) is 59.9. The molecule has 0 nitrogen and oxygen atoms in total. The lowest BCUT2D eigenvalue weighted by molar-refractivity contribution is -0.439. The maximum absolute atomic E-state index is 13.7. The van der Waals surface area contributed by atoms with Gasteiger partial charge in [0.05, 0.1) is 54.1 Å². The van der Waals surface area contributed by atoms with Crippen LogP contribution in [0.5, 0.6) is 0 Å². The number of rotatable bonds is 12. The van der Waals surface area contributed by atoms with Crippen LogP contribution in [0.4, 0.5) is 220 Å². The van der Waals surface area contributed by atoms with Crippen molar-refractivity contribution in [2.45, 2.75) is 301 Å². The molecule has 0 spiro atoms. The lowest BCUT2D eigenvalue weighted by Gasteiger charge is -2.61. The molecular weight excluding hydrogens is 1620 g/mol. The maximum atomic E-state index is 13.7. The topological polar surface area (TPSA) is 0 Å². The highest BCUT2D eigenvalue weighted by atomic mass is 19.5. The Bertz CT molecular complexity index is 2350. The molecule has 0 radical (unpaired) electrons. The van der Waals surface area contributed by atoms with Crippen molar-refractivity contribution in [3.05, 3.63) is 0 Å². The molecule has 0 saturated heterocycles. The number of halogens is 50. The zero-order valence-corrected chi connectivity index (χ0v) is 59.9. The lowest BCUT2D eigenvalue weighted by atomic mass is 9.44. The van der Waals surface area contributed by atoms with E-state index in [2.05, 4.69) is 0 Å². The Morgan fingerprint density at radius 2 is 0.217 bits per heavy atom. The second-order valence-electron chi connectivity index (χ2n) is 28.7. The van der Waals surface area contributed by atoms with Crippen LogP contribution in [0, 0.1) is 54.1 Å². The molecule has 0 aromatic heterocycles. The van der Waals surface area contributed by atoms with Crippen LogP contribution in [-0.4, -0.2) is 121 Å². The first-order chi connectivity index (χ1) is 43.5. The van der Waals surface area contributed by atoms with Crippen molar-refractivity contribution in [1.29, 1.82) is 0 Å². The van der Waals surface area contributed by atoms with Crippen LogP contribution < -0.4 is 0 Å². The van der Waals surface area contributed by atoms with Gasteiger partial charge < -0.3 is 0 Å². The molecule has 0 aliphatic heterocycles. The van der Waals surface area contributed by atoms with Crippen molar-refractivity contribution in [2.24, 2.45) is 54.1 Å². The van der Waals surface area contributed by atoms with E-state index in [1.54, 1.807) is 0 Å². The molecule has 106 heavy (non-hydrogen) atoms. The molecule has 0 bridgehead atoms. The summed E-state index contributed by atoms with van der Waals surface area (Å²) in [5.41, 5.74) is -36.6. The van der Waals surface area contributed by atoms with Gasteiger partial charge in [-0.15, -0.1) is 0 Å². The molecule has 0 N–H and O–H groups in total.